The number of halogens is 6. The molecule has 0 saturated heterocycles. The molecule has 1 unspecified atom stereocenters. The molecule has 0 radical (unpaired) electrons. The third-order valence-corrected chi connectivity index (χ3v) is 5.86. The fraction of sp³-hybridized carbons (Fsp3) is 0.125. The zero-order chi connectivity index (χ0) is 20.3. The minimum Gasteiger partial charge on any atom is -0.369 e. The Kier molecular flexibility index (Phi) is 3.79. The lowest BCUT2D eigenvalue weighted by molar-refractivity contribution is -0.129. The van der Waals surface area contributed by atoms with Crippen molar-refractivity contribution in [3.8, 4) is 0 Å². The minimum atomic E-state index is -9.83. The van der Waals surface area contributed by atoms with Crippen molar-refractivity contribution in [2.24, 2.45) is 10.7 Å². The van der Waals surface area contributed by atoms with Gasteiger partial charge in [0.15, 0.2) is 11.5 Å². The van der Waals surface area contributed by atoms with E-state index in [1.54, 1.807) is 24.3 Å². The molecule has 146 valence electrons. The number of benzene rings is 2. The van der Waals surface area contributed by atoms with Crippen LogP contribution in [0.5, 0.6) is 0 Å². The zero-order valence-electron chi connectivity index (χ0n) is 13.7. The quantitative estimate of drug-likeness (QED) is 0.632. The number of hydrogen-bond acceptors (Lipinski definition) is 3. The third-order valence-electron chi connectivity index (χ3n) is 4.20. The van der Waals surface area contributed by atoms with Gasteiger partial charge in [0, 0.05) is 11.5 Å². The van der Waals surface area contributed by atoms with Crippen LogP contribution in [0.25, 0.3) is 0 Å². The highest BCUT2D eigenvalue weighted by Crippen LogP contribution is 3.02. The van der Waals surface area contributed by atoms with Crippen LogP contribution < -0.4 is 5.73 Å². The van der Waals surface area contributed by atoms with Crippen molar-refractivity contribution in [3.05, 3.63) is 64.1 Å². The smallest absolute Gasteiger partial charge is 0.310 e. The Balaban J connectivity index is 2.25. The van der Waals surface area contributed by atoms with E-state index in [1.165, 1.54) is 7.05 Å². The van der Waals surface area contributed by atoms with Gasteiger partial charge in [-0.2, -0.15) is 0 Å². The summed E-state index contributed by atoms with van der Waals surface area (Å²) in [7, 11) is -8.46. The van der Waals surface area contributed by atoms with Crippen molar-refractivity contribution in [2.45, 2.75) is 10.4 Å². The van der Waals surface area contributed by atoms with Crippen LogP contribution in [-0.2, 0) is 10.3 Å². The summed E-state index contributed by atoms with van der Waals surface area (Å²) >= 11 is 3.26. The second-order valence-electron chi connectivity index (χ2n) is 6.05. The first-order valence-corrected chi connectivity index (χ1v) is 10.1. The Bertz CT molecular complexity index is 979. The molecule has 2 N–H and O–H groups in total. The summed E-state index contributed by atoms with van der Waals surface area (Å²) in [5, 5.41) is 0. The first kappa shape index (κ1) is 19.6. The predicted octanol–water partition coefficient (Wildman–Crippen LogP) is 5.14. The third kappa shape index (κ3) is 3.29. The molecule has 0 fully saturated rings. The average Bonchev–Trinajstić information content (AvgIpc) is 2.78. The lowest BCUT2D eigenvalue weighted by atomic mass is 9.83. The molecule has 3 rings (SSSR count). The van der Waals surface area contributed by atoms with Crippen molar-refractivity contribution >= 4 is 38.0 Å². The first-order chi connectivity index (χ1) is 12.1. The van der Waals surface area contributed by atoms with Gasteiger partial charge >= 0.3 is 10.2 Å². The second-order valence-corrected chi connectivity index (χ2v) is 9.37. The largest absolute Gasteiger partial charge is 0.369 e. The summed E-state index contributed by atoms with van der Waals surface area (Å²) < 4.78 is 65.6. The van der Waals surface area contributed by atoms with Gasteiger partial charge in [-0.3, -0.25) is 9.69 Å². The maximum atomic E-state index is 13.0. The molecular formula is C16H13BrF5N3OS. The maximum absolute atomic E-state index is 13.0. The fourth-order valence-corrected chi connectivity index (χ4v) is 3.90. The number of aliphatic imine (C=N–C) groups is 1. The second kappa shape index (κ2) is 5.22. The van der Waals surface area contributed by atoms with Crippen LogP contribution >= 0.6 is 26.2 Å². The maximum Gasteiger partial charge on any atom is 0.310 e. The fourth-order valence-electron chi connectivity index (χ4n) is 2.85. The van der Waals surface area contributed by atoms with Crippen LogP contribution in [0.3, 0.4) is 0 Å². The number of amides is 1. The van der Waals surface area contributed by atoms with Gasteiger partial charge in [0.1, 0.15) is 4.90 Å². The molecule has 0 bridgehead atoms. The first-order valence-electron chi connectivity index (χ1n) is 7.39. The topological polar surface area (TPSA) is 58.7 Å². The lowest BCUT2D eigenvalue weighted by Gasteiger charge is -2.40. The molecule has 4 nitrogen and oxygen atoms in total. The average molecular weight is 470 g/mol. The van der Waals surface area contributed by atoms with Gasteiger partial charge in [-0.15, -0.1) is 0 Å². The van der Waals surface area contributed by atoms with Crippen LogP contribution in [0.4, 0.5) is 19.4 Å². The van der Waals surface area contributed by atoms with Gasteiger partial charge in [0.05, 0.1) is 0 Å². The highest BCUT2D eigenvalue weighted by molar-refractivity contribution is 9.10. The summed E-state index contributed by atoms with van der Waals surface area (Å²) in [6, 6.07) is 8.57. The van der Waals surface area contributed by atoms with Gasteiger partial charge in [-0.05, 0) is 35.4 Å². The Morgan fingerprint density at radius 2 is 1.63 bits per heavy atom. The summed E-state index contributed by atoms with van der Waals surface area (Å²) in [5.74, 6) is -0.755. The minimum absolute atomic E-state index is 0.0106. The van der Waals surface area contributed by atoms with E-state index in [2.05, 4.69) is 20.9 Å². The Morgan fingerprint density at radius 3 is 2.07 bits per heavy atom. The van der Waals surface area contributed by atoms with Crippen molar-refractivity contribution in [2.75, 3.05) is 7.05 Å². The molecule has 0 spiro atoms. The Hall–Kier alpha value is -2.14. The van der Waals surface area contributed by atoms with Crippen molar-refractivity contribution < 1.29 is 24.2 Å². The van der Waals surface area contributed by atoms with Gasteiger partial charge in [0.2, 0.25) is 0 Å². The van der Waals surface area contributed by atoms with Crippen LogP contribution in [0.15, 0.2) is 62.9 Å². The van der Waals surface area contributed by atoms with Gasteiger partial charge < -0.3 is 5.73 Å². The number of guanidine groups is 1. The van der Waals surface area contributed by atoms with Crippen molar-refractivity contribution in [1.29, 1.82) is 0 Å². The molecular weight excluding hydrogens is 457 g/mol. The molecule has 1 aliphatic rings. The number of nitrogens with zero attached hydrogens (tertiary/aromatic N) is 2. The van der Waals surface area contributed by atoms with Gasteiger partial charge in [-0.25, -0.2) is 4.99 Å². The molecule has 1 atom stereocenters. The zero-order valence-corrected chi connectivity index (χ0v) is 16.1. The number of likely N-dealkylation sites (N-methyl/N-ethyl adjacent to an activating group) is 1. The summed E-state index contributed by atoms with van der Waals surface area (Å²) in [5.41, 5.74) is 4.30. The van der Waals surface area contributed by atoms with E-state index in [9.17, 15) is 24.2 Å². The molecule has 1 heterocycles. The number of hydrogen-bond donors (Lipinski definition) is 1. The van der Waals surface area contributed by atoms with Gasteiger partial charge in [-0.1, -0.05) is 59.6 Å². The number of rotatable bonds is 3. The SMILES string of the molecule is CN1C(=O)C(c2ccc(S(F)(F)(F)(F)F)cc2)(c2cccc(Br)c2)N=C1N. The van der Waals surface area contributed by atoms with E-state index in [4.69, 9.17) is 5.73 Å². The van der Waals surface area contributed by atoms with E-state index in [1.807, 2.05) is 0 Å². The predicted molar refractivity (Wildman–Crippen MR) is 97.2 cm³/mol. The number of nitrogens with two attached hydrogens (primary N) is 1. The summed E-state index contributed by atoms with van der Waals surface area (Å²) in [6.07, 6.45) is 0. The van der Waals surface area contributed by atoms with E-state index >= 15 is 0 Å². The molecule has 27 heavy (non-hydrogen) atoms. The summed E-state index contributed by atoms with van der Waals surface area (Å²) in [4.78, 5) is 16.1. The molecule has 2 aromatic rings. The molecule has 1 aliphatic heterocycles. The normalized spacial score (nSPS) is 23.0. The van der Waals surface area contributed by atoms with Crippen LogP contribution in [0.2, 0.25) is 0 Å². The van der Waals surface area contributed by atoms with Crippen LogP contribution in [0, 0.1) is 0 Å². The van der Waals surface area contributed by atoms with Crippen LogP contribution in [-0.4, -0.2) is 23.8 Å². The molecule has 0 aliphatic carbocycles. The van der Waals surface area contributed by atoms with E-state index < -0.39 is 26.6 Å². The number of carbonyl (C=O) groups excluding carboxylic acids is 1. The van der Waals surface area contributed by atoms with E-state index in [-0.39, 0.29) is 23.7 Å². The number of carbonyl (C=O) groups is 1. The Morgan fingerprint density at radius 1 is 1.04 bits per heavy atom. The van der Waals surface area contributed by atoms with Gasteiger partial charge in [0.25, 0.3) is 5.91 Å². The molecule has 0 saturated carbocycles. The monoisotopic (exact) mass is 469 g/mol. The highest BCUT2D eigenvalue weighted by atomic mass is 79.9. The summed E-state index contributed by atoms with van der Waals surface area (Å²) in [6.45, 7) is 0. The van der Waals surface area contributed by atoms with Crippen LogP contribution in [0.1, 0.15) is 11.1 Å². The molecule has 1 amide bonds. The molecule has 11 heteroatoms. The highest BCUT2D eigenvalue weighted by Gasteiger charge is 2.65. The molecule has 0 aromatic heterocycles. The molecule has 2 aromatic carbocycles. The Labute approximate surface area is 159 Å². The lowest BCUT2D eigenvalue weighted by Crippen LogP contribution is -2.41. The van der Waals surface area contributed by atoms with Crippen molar-refractivity contribution in [3.63, 3.8) is 0 Å². The standard InChI is InChI=1S/C16H13BrF5N3OS/c1-25-14(26)16(24-15(25)23,11-3-2-4-12(17)9-11)10-5-7-13(8-6-10)27(18,19,20,21)22/h2-9H,1H3,(H2,23,24). The van der Waals surface area contributed by atoms with E-state index in [0.29, 0.717) is 10.0 Å². The van der Waals surface area contributed by atoms with Crippen molar-refractivity contribution in [1.82, 2.24) is 4.90 Å². The van der Waals surface area contributed by atoms with E-state index in [0.717, 1.165) is 17.0 Å².